The topological polar surface area (TPSA) is 125 Å². The molecule has 9 nitrogen and oxygen atoms in total. The number of nitrogens with zero attached hydrogens (tertiary/aromatic N) is 2. The summed E-state index contributed by atoms with van der Waals surface area (Å²) >= 11 is 0. The fourth-order valence-corrected chi connectivity index (χ4v) is 3.97. The molecular formula is C22H29N3O6. The molecule has 0 amide bonds. The minimum Gasteiger partial charge on any atom is -0.506 e. The number of fused-ring (bicyclic) bond motifs is 3. The van der Waals surface area contributed by atoms with Gasteiger partial charge in [-0.05, 0) is 29.9 Å². The zero-order valence-corrected chi connectivity index (χ0v) is 18.5. The van der Waals surface area contributed by atoms with Crippen LogP contribution in [0.3, 0.4) is 0 Å². The number of aromatic amines is 1. The zero-order valence-electron chi connectivity index (χ0n) is 18.5. The number of aromatic nitrogens is 2. The molecule has 1 atom stereocenters. The monoisotopic (exact) mass is 431 g/mol. The van der Waals surface area contributed by atoms with Crippen molar-refractivity contribution in [3.8, 4) is 22.9 Å². The standard InChI is InChI=1S/C22H29N3O6/c1-11(2)13-9-12-10-14(31-8-6-7-30-5)20(25(3)4)23-17(12)18-15(13)19(26)16(22(28)29)21(27)24-18/h10-11,13H,6-9H2,1-5H3,(H,28,29)(H2,24,26,27). The number of pyridine rings is 2. The Morgan fingerprint density at radius 2 is 2.06 bits per heavy atom. The highest BCUT2D eigenvalue weighted by Gasteiger charge is 2.35. The van der Waals surface area contributed by atoms with Crippen molar-refractivity contribution in [2.45, 2.75) is 32.6 Å². The Morgan fingerprint density at radius 1 is 1.35 bits per heavy atom. The van der Waals surface area contributed by atoms with Crippen molar-refractivity contribution >= 4 is 11.8 Å². The van der Waals surface area contributed by atoms with E-state index in [1.54, 1.807) is 7.11 Å². The molecule has 3 rings (SSSR count). The van der Waals surface area contributed by atoms with E-state index in [9.17, 15) is 19.8 Å². The van der Waals surface area contributed by atoms with Crippen molar-refractivity contribution in [1.29, 1.82) is 0 Å². The number of methoxy groups -OCH3 is 1. The second kappa shape index (κ2) is 8.97. The molecular weight excluding hydrogens is 402 g/mol. The summed E-state index contributed by atoms with van der Waals surface area (Å²) < 4.78 is 11.0. The van der Waals surface area contributed by atoms with Crippen molar-refractivity contribution < 1.29 is 24.5 Å². The summed E-state index contributed by atoms with van der Waals surface area (Å²) in [7, 11) is 5.32. The van der Waals surface area contributed by atoms with Crippen LogP contribution in [0.5, 0.6) is 11.5 Å². The maximum atomic E-state index is 12.5. The molecule has 168 valence electrons. The average Bonchev–Trinajstić information content (AvgIpc) is 2.69. The molecule has 2 aromatic rings. The number of hydrogen-bond acceptors (Lipinski definition) is 7. The molecule has 0 fully saturated rings. The Hall–Kier alpha value is -3.07. The van der Waals surface area contributed by atoms with E-state index in [4.69, 9.17) is 14.5 Å². The van der Waals surface area contributed by atoms with Crippen LogP contribution in [0.15, 0.2) is 10.9 Å². The van der Waals surface area contributed by atoms with E-state index >= 15 is 0 Å². The van der Waals surface area contributed by atoms with Gasteiger partial charge in [0.1, 0.15) is 5.75 Å². The van der Waals surface area contributed by atoms with E-state index < -0.39 is 22.8 Å². The molecule has 31 heavy (non-hydrogen) atoms. The molecule has 1 aliphatic rings. The molecule has 0 saturated heterocycles. The van der Waals surface area contributed by atoms with Gasteiger partial charge < -0.3 is 29.6 Å². The van der Waals surface area contributed by atoms with E-state index in [2.05, 4.69) is 4.98 Å². The van der Waals surface area contributed by atoms with Crippen LogP contribution in [0.2, 0.25) is 0 Å². The van der Waals surface area contributed by atoms with Crippen molar-refractivity contribution in [2.24, 2.45) is 5.92 Å². The van der Waals surface area contributed by atoms with Crippen LogP contribution in [0, 0.1) is 5.92 Å². The van der Waals surface area contributed by atoms with Gasteiger partial charge in [-0.15, -0.1) is 0 Å². The lowest BCUT2D eigenvalue weighted by atomic mass is 9.76. The first-order chi connectivity index (χ1) is 14.7. The fraction of sp³-hybridized carbons (Fsp3) is 0.500. The number of hydrogen-bond donors (Lipinski definition) is 3. The zero-order chi connectivity index (χ0) is 22.9. The molecule has 0 saturated carbocycles. The van der Waals surface area contributed by atoms with Gasteiger partial charge in [0.25, 0.3) is 5.56 Å². The predicted octanol–water partition coefficient (Wildman–Crippen LogP) is 2.62. The van der Waals surface area contributed by atoms with Crippen molar-refractivity contribution in [3.05, 3.63) is 33.1 Å². The Bertz CT molecular complexity index is 1040. The van der Waals surface area contributed by atoms with E-state index in [-0.39, 0.29) is 11.8 Å². The van der Waals surface area contributed by atoms with Crippen LogP contribution in [0.4, 0.5) is 5.82 Å². The molecule has 0 radical (unpaired) electrons. The highest BCUT2D eigenvalue weighted by molar-refractivity contribution is 5.92. The quantitative estimate of drug-likeness (QED) is 0.545. The first-order valence-electron chi connectivity index (χ1n) is 10.2. The van der Waals surface area contributed by atoms with Gasteiger partial charge in [-0.3, -0.25) is 4.79 Å². The number of ether oxygens (including phenoxy) is 2. The SMILES string of the molecule is COCCCOc1cc2c(nc1N(C)C)-c1[nH]c(=O)c(C(=O)O)c(O)c1C(C(C)C)C2. The molecule has 0 aliphatic heterocycles. The second-order valence-corrected chi connectivity index (χ2v) is 8.23. The minimum atomic E-state index is -1.46. The molecule has 2 heterocycles. The van der Waals surface area contributed by atoms with Gasteiger partial charge in [0, 0.05) is 39.8 Å². The molecule has 0 aromatic carbocycles. The molecule has 0 spiro atoms. The van der Waals surface area contributed by atoms with E-state index in [1.807, 2.05) is 38.9 Å². The highest BCUT2D eigenvalue weighted by atomic mass is 16.5. The van der Waals surface area contributed by atoms with Crippen LogP contribution < -0.4 is 15.2 Å². The number of rotatable bonds is 8. The Kier molecular flexibility index (Phi) is 6.54. The third kappa shape index (κ3) is 4.23. The number of anilines is 1. The first-order valence-corrected chi connectivity index (χ1v) is 10.2. The second-order valence-electron chi connectivity index (χ2n) is 8.23. The summed E-state index contributed by atoms with van der Waals surface area (Å²) in [5.41, 5.74) is 0.679. The molecule has 2 aromatic heterocycles. The van der Waals surface area contributed by atoms with E-state index in [0.29, 0.717) is 48.2 Å². The van der Waals surface area contributed by atoms with Gasteiger partial charge in [0.2, 0.25) is 0 Å². The third-order valence-electron chi connectivity index (χ3n) is 5.51. The van der Waals surface area contributed by atoms with E-state index in [1.165, 1.54) is 0 Å². The van der Waals surface area contributed by atoms with E-state index in [0.717, 1.165) is 12.0 Å². The summed E-state index contributed by atoms with van der Waals surface area (Å²) in [6, 6.07) is 1.92. The average molecular weight is 431 g/mol. The van der Waals surface area contributed by atoms with Gasteiger partial charge in [-0.1, -0.05) is 13.8 Å². The Morgan fingerprint density at radius 3 is 2.65 bits per heavy atom. The summed E-state index contributed by atoms with van der Waals surface area (Å²) in [5, 5.41) is 20.2. The molecule has 9 heteroatoms. The minimum absolute atomic E-state index is 0.0879. The summed E-state index contributed by atoms with van der Waals surface area (Å²) in [4.78, 5) is 33.2. The number of H-pyrrole nitrogens is 1. The number of aromatic hydroxyl groups is 1. The molecule has 3 N–H and O–H groups in total. The Labute approximate surface area is 180 Å². The Balaban J connectivity index is 2.20. The molecule has 0 bridgehead atoms. The van der Waals surface area contributed by atoms with Gasteiger partial charge in [0.05, 0.1) is 18.0 Å². The smallest absolute Gasteiger partial charge is 0.345 e. The predicted molar refractivity (Wildman–Crippen MR) is 117 cm³/mol. The first kappa shape index (κ1) is 22.6. The largest absolute Gasteiger partial charge is 0.506 e. The van der Waals surface area contributed by atoms with Gasteiger partial charge >= 0.3 is 5.97 Å². The molecule has 1 aliphatic carbocycles. The van der Waals surface area contributed by atoms with Crippen LogP contribution in [0.25, 0.3) is 11.4 Å². The number of aromatic carboxylic acids is 1. The number of nitrogens with one attached hydrogen (secondary N) is 1. The van der Waals surface area contributed by atoms with Gasteiger partial charge in [0.15, 0.2) is 17.1 Å². The highest BCUT2D eigenvalue weighted by Crippen LogP contribution is 2.47. The van der Waals surface area contributed by atoms with Crippen LogP contribution in [0.1, 0.15) is 47.7 Å². The lowest BCUT2D eigenvalue weighted by Crippen LogP contribution is -2.26. The maximum Gasteiger partial charge on any atom is 0.345 e. The normalized spacial score (nSPS) is 14.8. The fourth-order valence-electron chi connectivity index (χ4n) is 3.97. The lowest BCUT2D eigenvalue weighted by molar-refractivity contribution is 0.0691. The van der Waals surface area contributed by atoms with Crippen molar-refractivity contribution in [2.75, 3.05) is 39.3 Å². The summed E-state index contributed by atoms with van der Waals surface area (Å²) in [6.45, 7) is 5.05. The number of carboxylic acids is 1. The molecule has 1 unspecified atom stereocenters. The number of carbonyl (C=O) groups is 1. The number of carboxylic acid groups (broad SMARTS) is 1. The van der Waals surface area contributed by atoms with Gasteiger partial charge in [-0.2, -0.15) is 0 Å². The summed E-state index contributed by atoms with van der Waals surface area (Å²) in [5.74, 6) is -0.844. The van der Waals surface area contributed by atoms with Crippen LogP contribution >= 0.6 is 0 Å². The summed E-state index contributed by atoms with van der Waals surface area (Å²) in [6.07, 6.45) is 1.27. The third-order valence-corrected chi connectivity index (χ3v) is 5.51. The lowest BCUT2D eigenvalue weighted by Gasteiger charge is -2.31. The van der Waals surface area contributed by atoms with Crippen molar-refractivity contribution in [3.63, 3.8) is 0 Å². The van der Waals surface area contributed by atoms with Crippen LogP contribution in [-0.2, 0) is 11.2 Å². The van der Waals surface area contributed by atoms with Crippen molar-refractivity contribution in [1.82, 2.24) is 9.97 Å². The van der Waals surface area contributed by atoms with Gasteiger partial charge in [-0.25, -0.2) is 9.78 Å². The van der Waals surface area contributed by atoms with Crippen LogP contribution in [-0.4, -0.2) is 60.6 Å². The maximum absolute atomic E-state index is 12.5.